The second kappa shape index (κ2) is 9.98. The highest BCUT2D eigenvalue weighted by molar-refractivity contribution is 9.08. The minimum absolute atomic E-state index is 0.330. The van der Waals surface area contributed by atoms with Gasteiger partial charge in [-0.1, -0.05) is 40.2 Å². The van der Waals surface area contributed by atoms with Crippen molar-refractivity contribution in [3.05, 3.63) is 89.9 Å². The maximum atomic E-state index is 13.9. The van der Waals surface area contributed by atoms with Gasteiger partial charge in [-0.15, -0.1) is 6.58 Å². The average molecular weight is 518 g/mol. The Labute approximate surface area is 201 Å². The lowest BCUT2D eigenvalue weighted by molar-refractivity contribution is -0.981. The van der Waals surface area contributed by atoms with Crippen molar-refractivity contribution < 1.29 is 17.7 Å². The molecule has 4 atom stereocenters. The van der Waals surface area contributed by atoms with E-state index in [0.29, 0.717) is 30.0 Å². The summed E-state index contributed by atoms with van der Waals surface area (Å²) in [5, 5.41) is 1.16. The van der Waals surface area contributed by atoms with Crippen molar-refractivity contribution in [2.75, 3.05) is 18.9 Å². The molecule has 4 heterocycles. The van der Waals surface area contributed by atoms with Crippen molar-refractivity contribution in [3.8, 4) is 0 Å². The van der Waals surface area contributed by atoms with Crippen LogP contribution in [0, 0.1) is 29.3 Å². The first-order valence-electron chi connectivity index (χ1n) is 11.3. The first kappa shape index (κ1) is 24.0. The molecule has 0 N–H and O–H groups in total. The predicted molar refractivity (Wildman–Crippen MR) is 131 cm³/mol. The summed E-state index contributed by atoms with van der Waals surface area (Å²) in [5.74, 6) is -0.821. The lowest BCUT2D eigenvalue weighted by atomic mass is 9.72. The molecule has 0 aliphatic carbocycles. The van der Waals surface area contributed by atoms with Gasteiger partial charge < -0.3 is 4.48 Å². The fourth-order valence-electron chi connectivity index (χ4n) is 5.96. The monoisotopic (exact) mass is 517 g/mol. The molecular formula is C27H29BrF3N2+. The molecular weight excluding hydrogens is 489 g/mol. The topological polar surface area (TPSA) is 12.9 Å². The summed E-state index contributed by atoms with van der Waals surface area (Å²) in [6.07, 6.45) is 6.92. The van der Waals surface area contributed by atoms with Gasteiger partial charge in [-0.05, 0) is 41.6 Å². The lowest BCUT2D eigenvalue weighted by Crippen LogP contribution is -2.66. The van der Waals surface area contributed by atoms with Crippen LogP contribution >= 0.6 is 15.9 Å². The van der Waals surface area contributed by atoms with Crippen LogP contribution in [0.3, 0.4) is 0 Å². The molecule has 4 unspecified atom stereocenters. The maximum absolute atomic E-state index is 13.9. The third-order valence-corrected chi connectivity index (χ3v) is 7.51. The van der Waals surface area contributed by atoms with Crippen LogP contribution in [0.5, 0.6) is 0 Å². The van der Waals surface area contributed by atoms with Gasteiger partial charge in [-0.3, -0.25) is 4.98 Å². The largest absolute Gasteiger partial charge is 0.317 e. The number of quaternary nitrogens is 1. The number of aromatic nitrogens is 1. The number of pyridine rings is 1. The number of benzene rings is 2. The highest BCUT2D eigenvalue weighted by atomic mass is 79.9. The number of nitrogens with zero attached hydrogens (tertiary/aromatic N) is 2. The Morgan fingerprint density at radius 3 is 2.58 bits per heavy atom. The van der Waals surface area contributed by atoms with Gasteiger partial charge in [0.05, 0.1) is 24.6 Å². The van der Waals surface area contributed by atoms with Gasteiger partial charge in [0.1, 0.15) is 6.54 Å². The van der Waals surface area contributed by atoms with E-state index in [1.165, 1.54) is 5.56 Å². The van der Waals surface area contributed by atoms with Crippen molar-refractivity contribution in [3.63, 3.8) is 0 Å². The number of hydrogen-bond donors (Lipinski definition) is 0. The Balaban J connectivity index is 0.00000126. The smallest absolute Gasteiger partial charge is 0.194 e. The van der Waals surface area contributed by atoms with E-state index in [1.54, 1.807) is 0 Å². The lowest BCUT2D eigenvalue weighted by Gasteiger charge is -2.57. The molecule has 3 fully saturated rings. The van der Waals surface area contributed by atoms with Gasteiger partial charge in [0.25, 0.3) is 0 Å². The molecule has 2 nitrogen and oxygen atoms in total. The average Bonchev–Trinajstić information content (AvgIpc) is 2.84. The summed E-state index contributed by atoms with van der Waals surface area (Å²) in [5.41, 5.74) is 2.76. The molecule has 3 aliphatic heterocycles. The summed E-state index contributed by atoms with van der Waals surface area (Å²) in [6, 6.07) is 12.9. The zero-order valence-corrected chi connectivity index (χ0v) is 20.4. The first-order chi connectivity index (χ1) is 16.0. The Morgan fingerprint density at radius 1 is 1.12 bits per heavy atom. The quantitative estimate of drug-likeness (QED) is 0.156. The fourth-order valence-corrected chi connectivity index (χ4v) is 5.96. The van der Waals surface area contributed by atoms with E-state index >= 15 is 0 Å². The molecule has 3 aliphatic rings. The van der Waals surface area contributed by atoms with E-state index in [9.17, 15) is 13.2 Å². The first-order valence-corrected chi connectivity index (χ1v) is 12.9. The normalized spacial score (nSPS) is 26.0. The van der Waals surface area contributed by atoms with Crippen LogP contribution in [-0.4, -0.2) is 34.4 Å². The van der Waals surface area contributed by atoms with E-state index < -0.39 is 17.5 Å². The van der Waals surface area contributed by atoms with E-state index in [-0.39, 0.29) is 0 Å². The number of hydrogen-bond acceptors (Lipinski definition) is 1. The number of piperidine rings is 3. The van der Waals surface area contributed by atoms with E-state index in [1.807, 2.05) is 36.3 Å². The van der Waals surface area contributed by atoms with Crippen molar-refractivity contribution in [1.29, 1.82) is 0 Å². The molecule has 2 aromatic carbocycles. The molecule has 3 saturated heterocycles. The third-order valence-electron chi connectivity index (χ3n) is 7.51. The molecule has 174 valence electrons. The van der Waals surface area contributed by atoms with Gasteiger partial charge in [0.15, 0.2) is 17.5 Å². The number of alkyl halides is 1. The van der Waals surface area contributed by atoms with Gasteiger partial charge in [-0.2, -0.15) is 0 Å². The highest BCUT2D eigenvalue weighted by Crippen LogP contribution is 2.45. The maximum Gasteiger partial charge on any atom is 0.194 e. The Morgan fingerprint density at radius 2 is 1.85 bits per heavy atom. The molecule has 6 rings (SSSR count). The zero-order chi connectivity index (χ0) is 23.6. The fraction of sp³-hybridized carbons (Fsp3) is 0.370. The van der Waals surface area contributed by atoms with Gasteiger partial charge in [-0.25, -0.2) is 13.2 Å². The predicted octanol–water partition coefficient (Wildman–Crippen LogP) is 6.82. The van der Waals surface area contributed by atoms with Crippen molar-refractivity contribution in [2.45, 2.75) is 31.8 Å². The SMILES string of the molecule is C=CC1C[N+]2(Cc3cc(F)c(F)c(F)c3)CCC1CC2Cc1ccnc2ccccc12.CBr. The Kier molecular flexibility index (Phi) is 7.25. The van der Waals surface area contributed by atoms with E-state index in [0.717, 1.165) is 59.9 Å². The number of fused-ring (bicyclic) bond motifs is 4. The molecule has 0 amide bonds. The van der Waals surface area contributed by atoms with Crippen molar-refractivity contribution in [1.82, 2.24) is 4.98 Å². The van der Waals surface area contributed by atoms with Crippen LogP contribution in [0.2, 0.25) is 0 Å². The number of rotatable bonds is 5. The van der Waals surface area contributed by atoms with Crippen molar-refractivity contribution in [2.24, 2.45) is 11.8 Å². The van der Waals surface area contributed by atoms with Gasteiger partial charge in [0, 0.05) is 42.3 Å². The van der Waals surface area contributed by atoms with Crippen LogP contribution in [0.15, 0.2) is 61.3 Å². The van der Waals surface area contributed by atoms with Crippen LogP contribution in [0.25, 0.3) is 10.9 Å². The highest BCUT2D eigenvalue weighted by Gasteiger charge is 2.51. The molecule has 0 radical (unpaired) electrons. The van der Waals surface area contributed by atoms with Crippen molar-refractivity contribution >= 4 is 26.8 Å². The zero-order valence-electron chi connectivity index (χ0n) is 18.8. The van der Waals surface area contributed by atoms with Gasteiger partial charge >= 0.3 is 0 Å². The van der Waals surface area contributed by atoms with E-state index in [4.69, 9.17) is 0 Å². The molecule has 0 saturated carbocycles. The minimum Gasteiger partial charge on any atom is -0.317 e. The van der Waals surface area contributed by atoms with Crippen LogP contribution in [-0.2, 0) is 13.0 Å². The van der Waals surface area contributed by atoms with Crippen LogP contribution in [0.4, 0.5) is 13.2 Å². The second-order valence-electron chi connectivity index (χ2n) is 9.19. The van der Waals surface area contributed by atoms with Crippen LogP contribution in [0.1, 0.15) is 24.0 Å². The van der Waals surface area contributed by atoms with Crippen LogP contribution < -0.4 is 0 Å². The summed E-state index contributed by atoms with van der Waals surface area (Å²) in [7, 11) is 0. The Hall–Kier alpha value is -2.18. The van der Waals surface area contributed by atoms with Gasteiger partial charge in [0.2, 0.25) is 0 Å². The summed E-state index contributed by atoms with van der Waals surface area (Å²) < 4.78 is 42.2. The molecule has 0 spiro atoms. The number of halogens is 4. The third kappa shape index (κ3) is 4.60. The summed E-state index contributed by atoms with van der Waals surface area (Å²) in [6.45, 7) is 6.41. The molecule has 1 aromatic heterocycles. The Bertz CT molecular complexity index is 1120. The van der Waals surface area contributed by atoms with E-state index in [2.05, 4.69) is 39.6 Å². The molecule has 6 heteroatoms. The summed E-state index contributed by atoms with van der Waals surface area (Å²) >= 11 is 2.94. The molecule has 3 aromatic rings. The standard InChI is InChI=1S/C26H26F3N2.CH3Br/c1-2-18-16-31(15-17-11-23(27)26(29)24(28)12-17)10-8-19(18)13-21(31)14-20-7-9-30-25-6-4-3-5-22(20)25;1-2/h2-7,9,11-12,18-19,21H,1,8,10,13-16H2;1H3/q+1;. The number of para-hydroxylation sites is 1. The summed E-state index contributed by atoms with van der Waals surface area (Å²) in [4.78, 5) is 4.48. The second-order valence-corrected chi connectivity index (χ2v) is 9.19. The molecule has 2 bridgehead atoms. The molecule has 33 heavy (non-hydrogen) atoms. The minimum atomic E-state index is -1.40.